The van der Waals surface area contributed by atoms with Crippen molar-refractivity contribution in [3.63, 3.8) is 0 Å². The third-order valence-corrected chi connectivity index (χ3v) is 7.17. The Morgan fingerprint density at radius 2 is 0.562 bits per heavy atom. The third kappa shape index (κ3) is 2.27. The van der Waals surface area contributed by atoms with Crippen LogP contribution in [0.15, 0.2) is 84.9 Å². The summed E-state index contributed by atoms with van der Waals surface area (Å²) >= 11 is 0. The minimum atomic E-state index is 1.30. The van der Waals surface area contributed by atoms with Gasteiger partial charge in [-0.1, -0.05) is 36.5 Å². The maximum absolute atomic E-state index is 2.35. The zero-order valence-corrected chi connectivity index (χ0v) is 17.4. The fourth-order valence-corrected chi connectivity index (χ4v) is 5.52. The maximum atomic E-state index is 2.35. The van der Waals surface area contributed by atoms with Crippen molar-refractivity contribution in [2.45, 2.75) is 0 Å². The summed E-state index contributed by atoms with van der Waals surface area (Å²) in [5, 5.41) is 15.7. The molecule has 0 aliphatic heterocycles. The van der Waals surface area contributed by atoms with Crippen LogP contribution < -0.4 is 10.4 Å². The summed E-state index contributed by atoms with van der Waals surface area (Å²) in [6.45, 7) is 0. The topological polar surface area (TPSA) is 0 Å². The first-order valence-electron chi connectivity index (χ1n) is 11.2. The molecule has 8 rings (SSSR count). The van der Waals surface area contributed by atoms with Crippen LogP contribution in [-0.4, -0.2) is 0 Å². The van der Waals surface area contributed by atoms with Gasteiger partial charge in [0.2, 0.25) is 0 Å². The van der Waals surface area contributed by atoms with Crippen LogP contribution >= 0.6 is 0 Å². The normalized spacial score (nSPS) is 13.9. The lowest BCUT2D eigenvalue weighted by atomic mass is 9.95. The summed E-state index contributed by atoms with van der Waals surface area (Å²) in [5.74, 6) is 0. The van der Waals surface area contributed by atoms with Crippen molar-refractivity contribution >= 4 is 78.2 Å². The number of hydrogen-bond donors (Lipinski definition) is 0. The molecular weight excluding hydrogens is 384 g/mol. The fraction of sp³-hybridized carbons (Fsp3) is 0. The zero-order valence-electron chi connectivity index (χ0n) is 17.4. The predicted octanol–water partition coefficient (Wildman–Crippen LogP) is 7.07. The maximum Gasteiger partial charge on any atom is -0.0171 e. The molecule has 0 heterocycles. The van der Waals surface area contributed by atoms with Crippen molar-refractivity contribution in [1.82, 2.24) is 0 Å². The van der Waals surface area contributed by atoms with Crippen LogP contribution in [0.1, 0.15) is 11.1 Å². The van der Waals surface area contributed by atoms with Gasteiger partial charge in [0.15, 0.2) is 0 Å². The molecule has 6 aromatic rings. The Morgan fingerprint density at radius 1 is 0.281 bits per heavy atom. The number of rotatable bonds is 0. The second-order valence-electron chi connectivity index (χ2n) is 9.16. The Balaban J connectivity index is 1.41. The number of fused-ring (bicyclic) bond motifs is 7. The number of allylic oxidation sites excluding steroid dienone is 2. The molecule has 0 aromatic heterocycles. The second kappa shape index (κ2) is 5.75. The van der Waals surface area contributed by atoms with E-state index in [0.717, 1.165) is 0 Å². The van der Waals surface area contributed by atoms with Crippen LogP contribution in [0.4, 0.5) is 0 Å². The lowest BCUT2D eigenvalue weighted by molar-refractivity contribution is 1.65. The van der Waals surface area contributed by atoms with E-state index in [1.165, 1.54) is 75.4 Å². The Labute approximate surface area is 184 Å². The van der Waals surface area contributed by atoms with Gasteiger partial charge in [0.05, 0.1) is 0 Å². The van der Waals surface area contributed by atoms with E-state index >= 15 is 0 Å². The van der Waals surface area contributed by atoms with E-state index in [-0.39, 0.29) is 0 Å². The fourth-order valence-electron chi connectivity index (χ4n) is 5.52. The minimum Gasteiger partial charge on any atom is -0.0610 e. The molecular formula is C32H18. The van der Waals surface area contributed by atoms with Gasteiger partial charge in [-0.3, -0.25) is 0 Å². The zero-order chi connectivity index (χ0) is 20.8. The molecule has 0 amide bonds. The van der Waals surface area contributed by atoms with Gasteiger partial charge in [-0.05, 0) is 148 Å². The van der Waals surface area contributed by atoms with Crippen LogP contribution in [0.5, 0.6) is 0 Å². The SMILES string of the molecule is C1=Cc2cc3cc4cc5cc6cc7cc8c(cc7cc6cc5cc4cc3cc2=C1)C=CC=8. The molecule has 0 fully saturated rings. The van der Waals surface area contributed by atoms with Crippen molar-refractivity contribution in [3.8, 4) is 0 Å². The highest BCUT2D eigenvalue weighted by Crippen LogP contribution is 2.32. The summed E-state index contributed by atoms with van der Waals surface area (Å²) in [7, 11) is 0. The van der Waals surface area contributed by atoms with E-state index in [2.05, 4.69) is 109 Å². The molecule has 0 unspecified atom stereocenters. The highest BCUT2D eigenvalue weighted by molar-refractivity contribution is 6.10. The minimum absolute atomic E-state index is 1.30. The van der Waals surface area contributed by atoms with E-state index in [1.54, 1.807) is 0 Å². The molecule has 0 atom stereocenters. The van der Waals surface area contributed by atoms with Gasteiger partial charge in [-0.2, -0.15) is 0 Å². The second-order valence-corrected chi connectivity index (χ2v) is 9.16. The van der Waals surface area contributed by atoms with Crippen molar-refractivity contribution in [2.75, 3.05) is 0 Å². The third-order valence-electron chi connectivity index (χ3n) is 7.17. The van der Waals surface area contributed by atoms with Crippen molar-refractivity contribution < 1.29 is 0 Å². The summed E-state index contributed by atoms with van der Waals surface area (Å²) in [5.41, 5.74) is 2.63. The van der Waals surface area contributed by atoms with Gasteiger partial charge in [-0.25, -0.2) is 0 Å². The van der Waals surface area contributed by atoms with Gasteiger partial charge in [0, 0.05) is 0 Å². The van der Waals surface area contributed by atoms with Gasteiger partial charge in [0.1, 0.15) is 0 Å². The lowest BCUT2D eigenvalue weighted by Crippen LogP contribution is -2.01. The van der Waals surface area contributed by atoms with E-state index in [4.69, 9.17) is 0 Å². The quantitative estimate of drug-likeness (QED) is 0.238. The Hall–Kier alpha value is -4.16. The summed E-state index contributed by atoms with van der Waals surface area (Å²) < 4.78 is 0. The standard InChI is InChI=1S/C32H18/c1-3-19-7-23-11-27-15-31-17-29-13-25-9-21-5-2-6-22(21)10-26(25)14-30(29)18-32(31)16-28(27)12-24(23)8-20(19)4-1/h1-18H. The molecule has 6 aromatic carbocycles. The summed E-state index contributed by atoms with van der Waals surface area (Å²) in [4.78, 5) is 0. The lowest BCUT2D eigenvalue weighted by Gasteiger charge is -2.09. The van der Waals surface area contributed by atoms with Crippen molar-refractivity contribution in [2.24, 2.45) is 0 Å². The number of benzene rings is 6. The molecule has 0 spiro atoms. The molecule has 0 bridgehead atoms. The van der Waals surface area contributed by atoms with E-state index < -0.39 is 0 Å². The van der Waals surface area contributed by atoms with Crippen LogP contribution in [-0.2, 0) is 0 Å². The molecule has 2 aliphatic rings. The van der Waals surface area contributed by atoms with Gasteiger partial charge in [0.25, 0.3) is 0 Å². The number of hydrogen-bond acceptors (Lipinski definition) is 0. The molecule has 0 radical (unpaired) electrons. The summed E-state index contributed by atoms with van der Waals surface area (Å²) in [6.07, 6.45) is 13.0. The van der Waals surface area contributed by atoms with Gasteiger partial charge in [-0.15, -0.1) is 0 Å². The van der Waals surface area contributed by atoms with Crippen molar-refractivity contribution in [1.29, 1.82) is 0 Å². The smallest absolute Gasteiger partial charge is 0.0171 e. The molecule has 0 heteroatoms. The molecule has 0 N–H and O–H groups in total. The first kappa shape index (κ1) is 16.5. The first-order valence-corrected chi connectivity index (χ1v) is 11.2. The van der Waals surface area contributed by atoms with Gasteiger partial charge < -0.3 is 0 Å². The predicted molar refractivity (Wildman–Crippen MR) is 140 cm³/mol. The molecule has 0 saturated carbocycles. The highest BCUT2D eigenvalue weighted by Gasteiger charge is 2.07. The molecule has 146 valence electrons. The van der Waals surface area contributed by atoms with E-state index in [1.807, 2.05) is 0 Å². The average molecular weight is 402 g/mol. The van der Waals surface area contributed by atoms with Crippen LogP contribution in [0.2, 0.25) is 0 Å². The highest BCUT2D eigenvalue weighted by atomic mass is 14.1. The molecule has 32 heavy (non-hydrogen) atoms. The molecule has 0 nitrogen and oxygen atoms in total. The Morgan fingerprint density at radius 3 is 0.906 bits per heavy atom. The summed E-state index contributed by atoms with van der Waals surface area (Å²) in [6, 6.07) is 28.0. The van der Waals surface area contributed by atoms with Crippen LogP contribution in [0, 0.1) is 0 Å². The first-order chi connectivity index (χ1) is 15.8. The molecule has 0 saturated heterocycles. The van der Waals surface area contributed by atoms with Gasteiger partial charge >= 0.3 is 0 Å². The monoisotopic (exact) mass is 402 g/mol. The Bertz CT molecular complexity index is 1870. The average Bonchev–Trinajstić information content (AvgIpc) is 3.44. The molecule has 2 aliphatic carbocycles. The van der Waals surface area contributed by atoms with Crippen LogP contribution in [0.25, 0.3) is 78.2 Å². The Kier molecular flexibility index (Phi) is 2.97. The largest absolute Gasteiger partial charge is 0.0610 e. The van der Waals surface area contributed by atoms with Crippen LogP contribution in [0.3, 0.4) is 0 Å². The van der Waals surface area contributed by atoms with E-state index in [0.29, 0.717) is 0 Å². The van der Waals surface area contributed by atoms with Crippen molar-refractivity contribution in [3.05, 3.63) is 107 Å². The van der Waals surface area contributed by atoms with E-state index in [9.17, 15) is 0 Å².